The van der Waals surface area contributed by atoms with Crippen molar-refractivity contribution in [2.24, 2.45) is 0 Å². The molecule has 1 aliphatic heterocycles. The first-order chi connectivity index (χ1) is 8.85. The molecule has 1 N–H and O–H groups in total. The van der Waals surface area contributed by atoms with E-state index in [1.807, 2.05) is 11.3 Å². The number of fused-ring (bicyclic) bond motifs is 1. The van der Waals surface area contributed by atoms with Crippen molar-refractivity contribution in [1.82, 2.24) is 4.90 Å². The lowest BCUT2D eigenvalue weighted by Gasteiger charge is -2.32. The van der Waals surface area contributed by atoms with Crippen LogP contribution in [-0.2, 0) is 0 Å². The van der Waals surface area contributed by atoms with E-state index < -0.39 is 0 Å². The summed E-state index contributed by atoms with van der Waals surface area (Å²) in [6, 6.07) is 9.56. The molecule has 0 bridgehead atoms. The van der Waals surface area contributed by atoms with Crippen molar-refractivity contribution >= 4 is 27.1 Å². The van der Waals surface area contributed by atoms with Crippen molar-refractivity contribution in [2.45, 2.75) is 25.8 Å². The molecule has 0 radical (unpaired) electrons. The minimum atomic E-state index is 0.642. The minimum absolute atomic E-state index is 0.642. The van der Waals surface area contributed by atoms with Crippen LogP contribution in [-0.4, -0.2) is 30.6 Å². The van der Waals surface area contributed by atoms with Gasteiger partial charge in [0.2, 0.25) is 0 Å². The van der Waals surface area contributed by atoms with E-state index >= 15 is 0 Å². The van der Waals surface area contributed by atoms with Crippen LogP contribution < -0.4 is 5.32 Å². The van der Waals surface area contributed by atoms with Crippen molar-refractivity contribution < 1.29 is 0 Å². The zero-order valence-corrected chi connectivity index (χ0v) is 11.7. The number of thiophene rings is 1. The molecule has 0 unspecified atom stereocenters. The highest BCUT2D eigenvalue weighted by atomic mass is 32.1. The van der Waals surface area contributed by atoms with Gasteiger partial charge in [-0.2, -0.15) is 0 Å². The molecule has 18 heavy (non-hydrogen) atoms. The average Bonchev–Trinajstić information content (AvgIpc) is 2.87. The second-order valence-electron chi connectivity index (χ2n) is 5.03. The average molecular weight is 260 g/mol. The van der Waals surface area contributed by atoms with E-state index in [0.717, 1.165) is 0 Å². The van der Waals surface area contributed by atoms with E-state index in [1.165, 1.54) is 48.2 Å². The highest BCUT2D eigenvalue weighted by Gasteiger charge is 2.17. The van der Waals surface area contributed by atoms with Gasteiger partial charge in [0, 0.05) is 29.5 Å². The maximum absolute atomic E-state index is 3.69. The highest BCUT2D eigenvalue weighted by Crippen LogP contribution is 2.25. The summed E-state index contributed by atoms with van der Waals surface area (Å²) in [5.74, 6) is 0. The smallest absolute Gasteiger partial charge is 0.0349 e. The van der Waals surface area contributed by atoms with E-state index in [1.54, 1.807) is 0 Å². The van der Waals surface area contributed by atoms with Gasteiger partial charge in [-0.05, 0) is 54.4 Å². The fraction of sp³-hybridized carbons (Fsp3) is 0.467. The zero-order valence-electron chi connectivity index (χ0n) is 10.9. The summed E-state index contributed by atoms with van der Waals surface area (Å²) >= 11 is 1.81. The van der Waals surface area contributed by atoms with Gasteiger partial charge in [-0.15, -0.1) is 11.3 Å². The number of nitrogens with zero attached hydrogens (tertiary/aromatic N) is 1. The summed E-state index contributed by atoms with van der Waals surface area (Å²) in [4.78, 5) is 2.53. The summed E-state index contributed by atoms with van der Waals surface area (Å²) < 4.78 is 1.38. The van der Waals surface area contributed by atoms with E-state index in [0.29, 0.717) is 6.04 Å². The molecular formula is C15H20N2S. The topological polar surface area (TPSA) is 15.3 Å². The van der Waals surface area contributed by atoms with Crippen LogP contribution in [0.15, 0.2) is 29.6 Å². The molecule has 3 heteroatoms. The van der Waals surface area contributed by atoms with Crippen molar-refractivity contribution in [3.63, 3.8) is 0 Å². The van der Waals surface area contributed by atoms with Gasteiger partial charge in [-0.25, -0.2) is 0 Å². The summed E-state index contributed by atoms with van der Waals surface area (Å²) in [6.45, 7) is 5.90. The Bertz CT molecular complexity index is 512. The molecule has 2 heterocycles. The molecular weight excluding hydrogens is 240 g/mol. The lowest BCUT2D eigenvalue weighted by atomic mass is 10.0. The molecule has 1 aliphatic rings. The molecule has 0 atom stereocenters. The molecule has 1 aromatic carbocycles. The van der Waals surface area contributed by atoms with Crippen LogP contribution in [0.25, 0.3) is 10.1 Å². The predicted octanol–water partition coefficient (Wildman–Crippen LogP) is 3.80. The first kappa shape index (κ1) is 12.0. The fourth-order valence-corrected chi connectivity index (χ4v) is 3.46. The summed E-state index contributed by atoms with van der Waals surface area (Å²) in [5, 5.41) is 7.20. The van der Waals surface area contributed by atoms with Crippen molar-refractivity contribution in [3.05, 3.63) is 29.6 Å². The standard InChI is InChI=1S/C15H20N2S/c1-2-17-8-5-13(6-9-17)16-14-3-4-15-12(11-14)7-10-18-15/h3-4,7,10-11,13,16H,2,5-6,8-9H2,1H3. The molecule has 0 aliphatic carbocycles. The van der Waals surface area contributed by atoms with Crippen LogP contribution in [0.4, 0.5) is 5.69 Å². The summed E-state index contributed by atoms with van der Waals surface area (Å²) in [5.41, 5.74) is 1.27. The van der Waals surface area contributed by atoms with Gasteiger partial charge in [-0.3, -0.25) is 0 Å². The Kier molecular flexibility index (Phi) is 3.52. The Morgan fingerprint density at radius 1 is 1.28 bits per heavy atom. The van der Waals surface area contributed by atoms with Gasteiger partial charge >= 0.3 is 0 Å². The van der Waals surface area contributed by atoms with Crippen LogP contribution >= 0.6 is 11.3 Å². The summed E-state index contributed by atoms with van der Waals surface area (Å²) in [6.07, 6.45) is 2.52. The maximum Gasteiger partial charge on any atom is 0.0349 e. The monoisotopic (exact) mass is 260 g/mol. The van der Waals surface area contributed by atoms with E-state index in [-0.39, 0.29) is 0 Å². The Hall–Kier alpha value is -1.06. The quantitative estimate of drug-likeness (QED) is 0.903. The lowest BCUT2D eigenvalue weighted by Crippen LogP contribution is -2.38. The Morgan fingerprint density at radius 3 is 2.89 bits per heavy atom. The molecule has 0 amide bonds. The second-order valence-corrected chi connectivity index (χ2v) is 5.97. The van der Waals surface area contributed by atoms with Gasteiger partial charge in [0.1, 0.15) is 0 Å². The molecule has 1 saturated heterocycles. The fourth-order valence-electron chi connectivity index (χ4n) is 2.69. The zero-order chi connectivity index (χ0) is 12.4. The molecule has 2 aromatic rings. The molecule has 1 fully saturated rings. The number of piperidine rings is 1. The molecule has 2 nitrogen and oxygen atoms in total. The lowest BCUT2D eigenvalue weighted by molar-refractivity contribution is 0.229. The number of rotatable bonds is 3. The van der Waals surface area contributed by atoms with E-state index in [9.17, 15) is 0 Å². The number of likely N-dealkylation sites (tertiary alicyclic amines) is 1. The Labute approximate surface area is 113 Å². The number of hydrogen-bond acceptors (Lipinski definition) is 3. The van der Waals surface area contributed by atoms with Crippen molar-refractivity contribution in [2.75, 3.05) is 25.0 Å². The third-order valence-electron chi connectivity index (χ3n) is 3.86. The van der Waals surface area contributed by atoms with Crippen molar-refractivity contribution in [1.29, 1.82) is 0 Å². The maximum atomic E-state index is 3.69. The number of nitrogens with one attached hydrogen (secondary N) is 1. The highest BCUT2D eigenvalue weighted by molar-refractivity contribution is 7.17. The van der Waals surface area contributed by atoms with E-state index in [2.05, 4.69) is 46.8 Å². The third kappa shape index (κ3) is 2.52. The van der Waals surface area contributed by atoms with Crippen molar-refractivity contribution in [3.8, 4) is 0 Å². The molecule has 0 saturated carbocycles. The van der Waals surface area contributed by atoms with Gasteiger partial charge in [0.05, 0.1) is 0 Å². The first-order valence-electron chi connectivity index (χ1n) is 6.81. The van der Waals surface area contributed by atoms with Crippen LogP contribution in [0.2, 0.25) is 0 Å². The van der Waals surface area contributed by atoms with Crippen LogP contribution in [0, 0.1) is 0 Å². The molecule has 3 rings (SSSR count). The minimum Gasteiger partial charge on any atom is -0.382 e. The van der Waals surface area contributed by atoms with Gasteiger partial charge in [0.25, 0.3) is 0 Å². The predicted molar refractivity (Wildman–Crippen MR) is 80.6 cm³/mol. The number of anilines is 1. The normalized spacial score (nSPS) is 18.3. The van der Waals surface area contributed by atoms with E-state index in [4.69, 9.17) is 0 Å². The van der Waals surface area contributed by atoms with Gasteiger partial charge < -0.3 is 10.2 Å². The third-order valence-corrected chi connectivity index (χ3v) is 4.76. The van der Waals surface area contributed by atoms with Crippen LogP contribution in [0.5, 0.6) is 0 Å². The Balaban J connectivity index is 1.65. The van der Waals surface area contributed by atoms with Gasteiger partial charge in [0.15, 0.2) is 0 Å². The SMILES string of the molecule is CCN1CCC(Nc2ccc3sccc3c2)CC1. The van der Waals surface area contributed by atoms with Crippen LogP contribution in [0.1, 0.15) is 19.8 Å². The largest absolute Gasteiger partial charge is 0.382 e. The molecule has 1 aromatic heterocycles. The first-order valence-corrected chi connectivity index (χ1v) is 7.69. The number of hydrogen-bond donors (Lipinski definition) is 1. The molecule has 96 valence electrons. The Morgan fingerprint density at radius 2 is 2.11 bits per heavy atom. The number of benzene rings is 1. The molecule has 0 spiro atoms. The van der Waals surface area contributed by atoms with Gasteiger partial charge in [-0.1, -0.05) is 6.92 Å². The van der Waals surface area contributed by atoms with Crippen LogP contribution in [0.3, 0.4) is 0 Å². The second kappa shape index (κ2) is 5.29. The summed E-state index contributed by atoms with van der Waals surface area (Å²) in [7, 11) is 0.